The van der Waals surface area contributed by atoms with Gasteiger partial charge in [-0.15, -0.1) is 0 Å². The summed E-state index contributed by atoms with van der Waals surface area (Å²) in [5, 5.41) is 10.1. The van der Waals surface area contributed by atoms with Crippen LogP contribution >= 0.6 is 0 Å². The van der Waals surface area contributed by atoms with E-state index in [2.05, 4.69) is 121 Å². The minimum atomic E-state index is -2.18. The van der Waals surface area contributed by atoms with E-state index in [9.17, 15) is 0 Å². The molecule has 2 aromatic rings. The molecule has 0 nitrogen and oxygen atoms in total. The molecule has 0 amide bonds. The second-order valence-electron chi connectivity index (χ2n) is 11.7. The van der Waals surface area contributed by atoms with Crippen molar-refractivity contribution in [3.05, 3.63) is 74.2 Å². The van der Waals surface area contributed by atoms with Crippen LogP contribution in [0, 0.1) is 13.8 Å². The van der Waals surface area contributed by atoms with Gasteiger partial charge in [0.25, 0.3) is 0 Å². The second kappa shape index (κ2) is 8.69. The van der Waals surface area contributed by atoms with Crippen LogP contribution in [0.1, 0.15) is 38.8 Å². The van der Waals surface area contributed by atoms with E-state index in [1.165, 1.54) is 11.1 Å². The first-order valence-corrected chi connectivity index (χ1v) is 22.0. The van der Waals surface area contributed by atoms with Crippen molar-refractivity contribution in [2.24, 2.45) is 0 Å². The van der Waals surface area contributed by atoms with E-state index in [4.69, 9.17) is 0 Å². The molecular formula is C29H43Si2Ti. The molecule has 0 spiro atoms. The van der Waals surface area contributed by atoms with Crippen LogP contribution < -0.4 is 15.6 Å². The van der Waals surface area contributed by atoms with E-state index in [-0.39, 0.29) is 5.04 Å². The van der Waals surface area contributed by atoms with Gasteiger partial charge in [0.2, 0.25) is 0 Å². The first-order valence-electron chi connectivity index (χ1n) is 12.1. The van der Waals surface area contributed by atoms with Crippen LogP contribution in [0.25, 0.3) is 0 Å². The standard InChI is InChI=1S/C27H37Si2.2CH3.Ti/c1-19-11-13-24(14-12-19)29(10,27(6)18-21(3)22(4)23(27)5)26-16-20(2)15-25(17-26)28(7,8)9;;;/h11-17H,1-10H3;2*1H3;. The van der Waals surface area contributed by atoms with Gasteiger partial charge in [-0.2, -0.15) is 0 Å². The third kappa shape index (κ3) is 3.96. The van der Waals surface area contributed by atoms with E-state index in [0.717, 1.165) is 0 Å². The Labute approximate surface area is 206 Å². The number of hydrogen-bond donors (Lipinski definition) is 0. The zero-order valence-corrected chi connectivity index (χ0v) is 26.1. The van der Waals surface area contributed by atoms with Crippen molar-refractivity contribution >= 4 is 31.7 Å². The summed E-state index contributed by atoms with van der Waals surface area (Å²) in [6.07, 6.45) is 0. The molecular weight excluding hydrogens is 452 g/mol. The molecule has 0 aromatic heterocycles. The molecule has 0 N–H and O–H groups in total. The number of hydrogen-bond acceptors (Lipinski definition) is 0. The molecule has 0 heterocycles. The first kappa shape index (κ1) is 25.7. The number of aryl methyl sites for hydroxylation is 2. The normalized spacial score (nSPS) is 21.2. The summed E-state index contributed by atoms with van der Waals surface area (Å²) in [4.78, 5) is 0. The molecule has 0 bridgehead atoms. The fourth-order valence-corrected chi connectivity index (χ4v) is 17.9. The molecule has 2 unspecified atom stereocenters. The molecule has 0 radical (unpaired) electrons. The van der Waals surface area contributed by atoms with Gasteiger partial charge in [-0.25, -0.2) is 0 Å². The van der Waals surface area contributed by atoms with Crippen molar-refractivity contribution < 1.29 is 17.9 Å². The monoisotopic (exact) mass is 495 g/mol. The fourth-order valence-electron chi connectivity index (χ4n) is 6.04. The fraction of sp³-hybridized carbons (Fsp3) is 0.448. The summed E-state index contributed by atoms with van der Waals surface area (Å²) in [6, 6.07) is 17.2. The first-order chi connectivity index (χ1) is 14.7. The van der Waals surface area contributed by atoms with Crippen LogP contribution in [0.4, 0.5) is 0 Å². The van der Waals surface area contributed by atoms with Gasteiger partial charge in [-0.3, -0.25) is 0 Å². The van der Waals surface area contributed by atoms with E-state index in [1.807, 2.05) is 3.88 Å². The van der Waals surface area contributed by atoms with E-state index < -0.39 is 34.0 Å². The average Bonchev–Trinajstić information content (AvgIpc) is 2.88. The van der Waals surface area contributed by atoms with Crippen molar-refractivity contribution in [2.75, 3.05) is 0 Å². The Morgan fingerprint density at radius 2 is 1.19 bits per heavy atom. The number of benzene rings is 2. The van der Waals surface area contributed by atoms with Gasteiger partial charge < -0.3 is 0 Å². The van der Waals surface area contributed by atoms with Crippen molar-refractivity contribution in [2.45, 2.75) is 83.2 Å². The van der Waals surface area contributed by atoms with Gasteiger partial charge in [0.15, 0.2) is 0 Å². The van der Waals surface area contributed by atoms with E-state index >= 15 is 0 Å². The van der Waals surface area contributed by atoms with Gasteiger partial charge in [-0.05, 0) is 0 Å². The van der Waals surface area contributed by atoms with Crippen LogP contribution in [-0.2, 0) is 17.9 Å². The van der Waals surface area contributed by atoms with Crippen LogP contribution in [-0.4, -0.2) is 16.1 Å². The molecule has 1 aliphatic carbocycles. The van der Waals surface area contributed by atoms with Crippen LogP contribution in [0.3, 0.4) is 0 Å². The van der Waals surface area contributed by atoms with Gasteiger partial charge in [0.1, 0.15) is 0 Å². The molecule has 171 valence electrons. The van der Waals surface area contributed by atoms with Crippen molar-refractivity contribution in [3.63, 3.8) is 0 Å². The van der Waals surface area contributed by atoms with Crippen LogP contribution in [0.15, 0.2) is 63.1 Å². The molecule has 2 atom stereocenters. The zero-order chi connectivity index (χ0) is 24.2. The summed E-state index contributed by atoms with van der Waals surface area (Å²) in [5.41, 5.74) is 7.57. The van der Waals surface area contributed by atoms with Gasteiger partial charge >= 0.3 is 207 Å². The van der Waals surface area contributed by atoms with Gasteiger partial charge in [0, 0.05) is 0 Å². The molecule has 32 heavy (non-hydrogen) atoms. The Morgan fingerprint density at radius 1 is 0.656 bits per heavy atom. The van der Waals surface area contributed by atoms with Gasteiger partial charge in [0.05, 0.1) is 0 Å². The van der Waals surface area contributed by atoms with Gasteiger partial charge in [-0.1, -0.05) is 0 Å². The van der Waals surface area contributed by atoms with Crippen molar-refractivity contribution in [1.29, 1.82) is 0 Å². The third-order valence-electron chi connectivity index (χ3n) is 8.40. The Bertz CT molecular complexity index is 1100. The van der Waals surface area contributed by atoms with Crippen LogP contribution in [0.2, 0.25) is 41.7 Å². The maximum atomic E-state index is 2.68. The predicted octanol–water partition coefficient (Wildman–Crippen LogP) is 7.14. The molecule has 3 heteroatoms. The Balaban J connectivity index is 2.47. The summed E-state index contributed by atoms with van der Waals surface area (Å²) in [5.74, 6) is 0. The van der Waals surface area contributed by atoms with Crippen molar-refractivity contribution in [3.8, 4) is 0 Å². The molecule has 0 saturated carbocycles. The van der Waals surface area contributed by atoms with Crippen molar-refractivity contribution in [1.82, 2.24) is 0 Å². The second-order valence-corrected chi connectivity index (χ2v) is 25.1. The SMILES string of the molecule is CC1=C(C)C(C)([Si](C)(c2ccc(C)cc2)c2cc(C)cc([Si](C)(C)C)c2)[C]([Ti]([CH3])[CH3])=C1C. The minimum absolute atomic E-state index is 0.139. The maximum absolute atomic E-state index is 2.68. The van der Waals surface area contributed by atoms with E-state index in [0.29, 0.717) is 0 Å². The Morgan fingerprint density at radius 3 is 1.69 bits per heavy atom. The number of allylic oxidation sites excluding steroid dienone is 4. The summed E-state index contributed by atoms with van der Waals surface area (Å²) in [7, 11) is -3.60. The quantitative estimate of drug-likeness (QED) is 0.387. The predicted molar refractivity (Wildman–Crippen MR) is 147 cm³/mol. The van der Waals surface area contributed by atoms with E-state index in [1.54, 1.807) is 32.3 Å². The third-order valence-corrected chi connectivity index (χ3v) is 19.3. The topological polar surface area (TPSA) is 0 Å². The average molecular weight is 496 g/mol. The van der Waals surface area contributed by atoms with Crippen LogP contribution in [0.5, 0.6) is 0 Å². The Hall–Kier alpha value is -0.932. The Kier molecular flexibility index (Phi) is 6.98. The molecule has 0 saturated heterocycles. The molecule has 3 rings (SSSR count). The summed E-state index contributed by atoms with van der Waals surface area (Å²) in [6.45, 7) is 24.5. The molecule has 2 aromatic carbocycles. The summed E-state index contributed by atoms with van der Waals surface area (Å²) < 4.78 is 1.83. The zero-order valence-electron chi connectivity index (χ0n) is 22.5. The molecule has 0 aliphatic heterocycles. The molecule has 0 fully saturated rings. The molecule has 1 aliphatic rings. The summed E-state index contributed by atoms with van der Waals surface area (Å²) >= 11 is -1.33. The number of rotatable bonds is 5.